The summed E-state index contributed by atoms with van der Waals surface area (Å²) < 4.78 is 10.5. The average molecular weight is 386 g/mol. The minimum atomic E-state index is -0.354. The van der Waals surface area contributed by atoms with Gasteiger partial charge in [0, 0.05) is 31.6 Å². The molecule has 1 saturated heterocycles. The summed E-state index contributed by atoms with van der Waals surface area (Å²) in [6.45, 7) is 5.78. The van der Waals surface area contributed by atoms with Gasteiger partial charge >= 0.3 is 0 Å². The van der Waals surface area contributed by atoms with Crippen molar-refractivity contribution in [3.63, 3.8) is 0 Å². The molecule has 0 aromatic heterocycles. The lowest BCUT2D eigenvalue weighted by molar-refractivity contribution is -0.126. The van der Waals surface area contributed by atoms with E-state index in [4.69, 9.17) is 9.47 Å². The molecule has 26 heavy (non-hydrogen) atoms. The second-order valence-electron chi connectivity index (χ2n) is 6.15. The van der Waals surface area contributed by atoms with Crippen LogP contribution in [0.4, 0.5) is 5.69 Å². The topological polar surface area (TPSA) is 79.9 Å². The summed E-state index contributed by atoms with van der Waals surface area (Å²) in [5.74, 6) is 0.679. The van der Waals surface area contributed by atoms with Gasteiger partial charge in [-0.15, -0.1) is 12.4 Å². The highest BCUT2D eigenvalue weighted by molar-refractivity contribution is 6.01. The average Bonchev–Trinajstić information content (AvgIpc) is 3.01. The normalized spacial score (nSPS) is 17.5. The Bertz CT molecular complexity index is 626. The fraction of sp³-hybridized carbons (Fsp3) is 0.556. The molecular formula is C18H28ClN3O4. The lowest BCUT2D eigenvalue weighted by Gasteiger charge is -2.20. The van der Waals surface area contributed by atoms with E-state index in [0.717, 1.165) is 6.54 Å². The molecule has 0 radical (unpaired) electrons. The van der Waals surface area contributed by atoms with Crippen LogP contribution in [0.5, 0.6) is 11.5 Å². The molecule has 1 heterocycles. The van der Waals surface area contributed by atoms with Gasteiger partial charge in [0.1, 0.15) is 11.5 Å². The number of carbonyl (C=O) groups excluding carboxylic acids is 2. The maximum Gasteiger partial charge on any atom is 0.227 e. The van der Waals surface area contributed by atoms with E-state index >= 15 is 0 Å². The first-order valence-electron chi connectivity index (χ1n) is 8.53. The number of hydrogen-bond acceptors (Lipinski definition) is 5. The monoisotopic (exact) mass is 385 g/mol. The Hall–Kier alpha value is -1.99. The second kappa shape index (κ2) is 10.2. The molecule has 0 bridgehead atoms. The molecule has 2 N–H and O–H groups in total. The fourth-order valence-electron chi connectivity index (χ4n) is 2.94. The zero-order valence-corrected chi connectivity index (χ0v) is 16.5. The van der Waals surface area contributed by atoms with Gasteiger partial charge in [-0.3, -0.25) is 9.59 Å². The molecule has 1 aromatic carbocycles. The van der Waals surface area contributed by atoms with Crippen molar-refractivity contribution in [2.24, 2.45) is 5.92 Å². The zero-order valence-electron chi connectivity index (χ0n) is 15.7. The van der Waals surface area contributed by atoms with Gasteiger partial charge in [0.05, 0.1) is 25.8 Å². The quantitative estimate of drug-likeness (QED) is 0.710. The number of hydrogen-bond donors (Lipinski definition) is 2. The molecule has 0 aliphatic carbocycles. The van der Waals surface area contributed by atoms with Crippen LogP contribution in [0.2, 0.25) is 0 Å². The van der Waals surface area contributed by atoms with Crippen molar-refractivity contribution in [3.05, 3.63) is 18.2 Å². The number of benzene rings is 1. The van der Waals surface area contributed by atoms with Crippen LogP contribution in [-0.2, 0) is 9.59 Å². The molecule has 8 heteroatoms. The first kappa shape index (κ1) is 22.1. The predicted octanol–water partition coefficient (Wildman–Crippen LogP) is 1.59. The highest BCUT2D eigenvalue weighted by atomic mass is 35.5. The first-order valence-corrected chi connectivity index (χ1v) is 8.53. The van der Waals surface area contributed by atoms with Crippen LogP contribution in [0, 0.1) is 5.92 Å². The van der Waals surface area contributed by atoms with E-state index in [1.807, 2.05) is 13.8 Å². The lowest BCUT2D eigenvalue weighted by atomic mass is 10.1. The van der Waals surface area contributed by atoms with Gasteiger partial charge in [0.2, 0.25) is 11.8 Å². The van der Waals surface area contributed by atoms with Gasteiger partial charge in [0.25, 0.3) is 0 Å². The number of methoxy groups -OCH3 is 2. The number of ether oxygens (including phenoxy) is 2. The van der Waals surface area contributed by atoms with E-state index in [1.54, 1.807) is 37.3 Å². The van der Waals surface area contributed by atoms with Gasteiger partial charge in [-0.1, -0.05) is 6.92 Å². The minimum absolute atomic E-state index is 0. The van der Waals surface area contributed by atoms with Crippen molar-refractivity contribution in [3.8, 4) is 11.5 Å². The zero-order chi connectivity index (χ0) is 18.4. The number of nitrogens with zero attached hydrogens (tertiary/aromatic N) is 1. The molecule has 1 aliphatic rings. The summed E-state index contributed by atoms with van der Waals surface area (Å²) in [5.41, 5.74) is 0.657. The molecule has 146 valence electrons. The van der Waals surface area contributed by atoms with Gasteiger partial charge in [-0.2, -0.15) is 0 Å². The van der Waals surface area contributed by atoms with Gasteiger partial charge < -0.3 is 25.0 Å². The molecule has 7 nitrogen and oxygen atoms in total. The molecule has 2 atom stereocenters. The number of rotatable bonds is 8. The SMILES string of the molecule is CCN[C@H](C)CNC(=O)C1CC(=O)N(c2ccc(OC)cc2OC)C1.Cl. The summed E-state index contributed by atoms with van der Waals surface area (Å²) in [5, 5.41) is 6.16. The van der Waals surface area contributed by atoms with Crippen LogP contribution < -0.4 is 25.0 Å². The van der Waals surface area contributed by atoms with E-state index in [-0.39, 0.29) is 42.6 Å². The van der Waals surface area contributed by atoms with Crippen LogP contribution in [0.15, 0.2) is 18.2 Å². The van der Waals surface area contributed by atoms with Crippen LogP contribution >= 0.6 is 12.4 Å². The highest BCUT2D eigenvalue weighted by Gasteiger charge is 2.36. The Morgan fingerprint density at radius 1 is 1.35 bits per heavy atom. The van der Waals surface area contributed by atoms with Gasteiger partial charge in [-0.05, 0) is 25.6 Å². The smallest absolute Gasteiger partial charge is 0.227 e. The highest BCUT2D eigenvalue weighted by Crippen LogP contribution is 2.35. The first-order chi connectivity index (χ1) is 12.0. The third-order valence-electron chi connectivity index (χ3n) is 4.31. The number of amides is 2. The summed E-state index contributed by atoms with van der Waals surface area (Å²) in [6.07, 6.45) is 0.205. The van der Waals surface area contributed by atoms with Crippen LogP contribution in [0.25, 0.3) is 0 Å². The van der Waals surface area contributed by atoms with Crippen molar-refractivity contribution < 1.29 is 19.1 Å². The van der Waals surface area contributed by atoms with Crippen molar-refractivity contribution in [1.29, 1.82) is 0 Å². The molecule has 0 spiro atoms. The van der Waals surface area contributed by atoms with Crippen LogP contribution in [0.3, 0.4) is 0 Å². The molecule has 0 saturated carbocycles. The van der Waals surface area contributed by atoms with E-state index in [0.29, 0.717) is 30.3 Å². The Balaban J connectivity index is 0.00000338. The lowest BCUT2D eigenvalue weighted by Crippen LogP contribution is -2.41. The van der Waals surface area contributed by atoms with Gasteiger partial charge in [-0.25, -0.2) is 0 Å². The molecule has 1 fully saturated rings. The molecular weight excluding hydrogens is 358 g/mol. The van der Waals surface area contributed by atoms with Crippen molar-refractivity contribution in [2.75, 3.05) is 38.8 Å². The summed E-state index contributed by atoms with van der Waals surface area (Å²) >= 11 is 0. The number of halogens is 1. The summed E-state index contributed by atoms with van der Waals surface area (Å²) in [4.78, 5) is 26.4. The van der Waals surface area contributed by atoms with Gasteiger partial charge in [0.15, 0.2) is 0 Å². The number of anilines is 1. The Morgan fingerprint density at radius 3 is 2.69 bits per heavy atom. The molecule has 2 amide bonds. The molecule has 1 aromatic rings. The standard InChI is InChI=1S/C18H27N3O4.ClH/c1-5-19-12(2)10-20-18(23)13-8-17(22)21(11-13)15-7-6-14(24-3)9-16(15)25-4;/h6-7,9,12-13,19H,5,8,10-11H2,1-4H3,(H,20,23);1H/t12-,13?;/m1./s1. The number of carbonyl (C=O) groups is 2. The maximum absolute atomic E-state index is 12.4. The summed E-state index contributed by atoms with van der Waals surface area (Å²) in [6, 6.07) is 5.48. The largest absolute Gasteiger partial charge is 0.497 e. The van der Waals surface area contributed by atoms with E-state index in [1.165, 1.54) is 0 Å². The van der Waals surface area contributed by atoms with Crippen molar-refractivity contribution in [1.82, 2.24) is 10.6 Å². The third kappa shape index (κ3) is 5.25. The van der Waals surface area contributed by atoms with Crippen LogP contribution in [0.1, 0.15) is 20.3 Å². The minimum Gasteiger partial charge on any atom is -0.497 e. The molecule has 1 aliphatic heterocycles. The van der Waals surface area contributed by atoms with Crippen molar-refractivity contribution >= 4 is 29.9 Å². The van der Waals surface area contributed by atoms with Crippen molar-refractivity contribution in [2.45, 2.75) is 26.3 Å². The Labute approximate surface area is 160 Å². The predicted molar refractivity (Wildman–Crippen MR) is 103 cm³/mol. The Morgan fingerprint density at radius 2 is 2.08 bits per heavy atom. The van der Waals surface area contributed by atoms with E-state index in [2.05, 4.69) is 10.6 Å². The van der Waals surface area contributed by atoms with E-state index in [9.17, 15) is 9.59 Å². The van der Waals surface area contributed by atoms with Crippen LogP contribution in [-0.4, -0.2) is 51.7 Å². The second-order valence-corrected chi connectivity index (χ2v) is 6.15. The Kier molecular flexibility index (Phi) is 8.68. The maximum atomic E-state index is 12.4. The number of likely N-dealkylation sites (N-methyl/N-ethyl adjacent to an activating group) is 1. The third-order valence-corrected chi connectivity index (χ3v) is 4.31. The number of nitrogens with one attached hydrogen (secondary N) is 2. The van der Waals surface area contributed by atoms with E-state index < -0.39 is 0 Å². The molecule has 1 unspecified atom stereocenters. The fourth-order valence-corrected chi connectivity index (χ4v) is 2.94. The summed E-state index contributed by atoms with van der Waals surface area (Å²) in [7, 11) is 3.12. The molecule has 2 rings (SSSR count).